The smallest absolute Gasteiger partial charge is 0.326 e. The van der Waals surface area contributed by atoms with Gasteiger partial charge in [-0.3, -0.25) is 4.79 Å². The summed E-state index contributed by atoms with van der Waals surface area (Å²) in [5.41, 5.74) is 0.291. The Hall–Kier alpha value is -1.76. The molecule has 0 aliphatic carbocycles. The predicted molar refractivity (Wildman–Crippen MR) is 85.6 cm³/mol. The molecule has 1 amide bonds. The van der Waals surface area contributed by atoms with E-state index in [2.05, 4.69) is 21.2 Å². The molecule has 1 aromatic rings. The number of aliphatic carboxylic acids is 1. The van der Waals surface area contributed by atoms with E-state index in [1.165, 1.54) is 20.3 Å². The van der Waals surface area contributed by atoms with Crippen molar-refractivity contribution in [3.63, 3.8) is 0 Å². The number of benzene rings is 1. The maximum Gasteiger partial charge on any atom is 0.326 e. The molecular formula is C15H20BrNO5. The van der Waals surface area contributed by atoms with E-state index in [1.807, 2.05) is 13.8 Å². The van der Waals surface area contributed by atoms with Gasteiger partial charge in [-0.1, -0.05) is 13.8 Å². The molecule has 0 aliphatic rings. The highest BCUT2D eigenvalue weighted by molar-refractivity contribution is 9.10. The monoisotopic (exact) mass is 373 g/mol. The van der Waals surface area contributed by atoms with Crippen molar-refractivity contribution < 1.29 is 24.2 Å². The van der Waals surface area contributed by atoms with E-state index < -0.39 is 17.9 Å². The molecule has 0 spiro atoms. The van der Waals surface area contributed by atoms with Gasteiger partial charge in [-0.05, 0) is 40.4 Å². The molecule has 0 fully saturated rings. The predicted octanol–water partition coefficient (Wildman–Crippen LogP) is 2.70. The summed E-state index contributed by atoms with van der Waals surface area (Å²) in [6, 6.07) is 2.14. The average molecular weight is 374 g/mol. The van der Waals surface area contributed by atoms with Crippen molar-refractivity contribution in [2.75, 3.05) is 14.2 Å². The summed E-state index contributed by atoms with van der Waals surface area (Å²) >= 11 is 3.30. The molecule has 0 radical (unpaired) electrons. The summed E-state index contributed by atoms with van der Waals surface area (Å²) in [4.78, 5) is 23.5. The van der Waals surface area contributed by atoms with Crippen molar-refractivity contribution in [3.05, 3.63) is 22.2 Å². The Morgan fingerprint density at radius 3 is 2.36 bits per heavy atom. The fraction of sp³-hybridized carbons (Fsp3) is 0.467. The molecule has 1 aromatic carbocycles. The number of nitrogens with one attached hydrogen (secondary N) is 1. The number of carboxylic acids is 1. The zero-order valence-electron chi connectivity index (χ0n) is 13.0. The molecule has 0 unspecified atom stereocenters. The van der Waals surface area contributed by atoms with Crippen LogP contribution in [-0.4, -0.2) is 37.2 Å². The lowest BCUT2D eigenvalue weighted by molar-refractivity contribution is -0.139. The normalized spacial score (nSPS) is 11.9. The van der Waals surface area contributed by atoms with E-state index in [9.17, 15) is 14.7 Å². The topological polar surface area (TPSA) is 84.9 Å². The number of ether oxygens (including phenoxy) is 2. The molecule has 0 saturated heterocycles. The fourth-order valence-electron chi connectivity index (χ4n) is 1.98. The van der Waals surface area contributed by atoms with Crippen LogP contribution >= 0.6 is 15.9 Å². The minimum atomic E-state index is -1.05. The third kappa shape index (κ3) is 4.62. The molecule has 2 N–H and O–H groups in total. The van der Waals surface area contributed by atoms with Gasteiger partial charge >= 0.3 is 5.97 Å². The first-order valence-corrected chi connectivity index (χ1v) is 7.54. The number of carbonyl (C=O) groups is 2. The number of carboxylic acid groups (broad SMARTS) is 1. The lowest BCUT2D eigenvalue weighted by Gasteiger charge is -2.17. The van der Waals surface area contributed by atoms with E-state index in [0.717, 1.165) is 0 Å². The van der Waals surface area contributed by atoms with Crippen LogP contribution in [0.5, 0.6) is 11.5 Å². The van der Waals surface area contributed by atoms with E-state index in [4.69, 9.17) is 9.47 Å². The van der Waals surface area contributed by atoms with Crippen LogP contribution in [0.4, 0.5) is 0 Å². The van der Waals surface area contributed by atoms with Crippen LogP contribution in [-0.2, 0) is 4.79 Å². The third-order valence-electron chi connectivity index (χ3n) is 3.01. The number of hydrogen-bond acceptors (Lipinski definition) is 4. The van der Waals surface area contributed by atoms with Gasteiger partial charge in [0.05, 0.1) is 18.7 Å². The van der Waals surface area contributed by atoms with Crippen LogP contribution in [0.2, 0.25) is 0 Å². The van der Waals surface area contributed by atoms with Crippen molar-refractivity contribution >= 4 is 27.8 Å². The van der Waals surface area contributed by atoms with E-state index in [0.29, 0.717) is 28.0 Å². The van der Waals surface area contributed by atoms with Crippen molar-refractivity contribution in [2.24, 2.45) is 5.92 Å². The SMILES string of the molecule is COc1cc(C(=O)N[C@H](CC(C)C)C(=O)O)cc(Br)c1OC. The maximum atomic E-state index is 12.3. The summed E-state index contributed by atoms with van der Waals surface area (Å²) in [5.74, 6) is -0.524. The molecule has 122 valence electrons. The molecule has 22 heavy (non-hydrogen) atoms. The van der Waals surface area contributed by atoms with Gasteiger partial charge in [-0.2, -0.15) is 0 Å². The van der Waals surface area contributed by atoms with Crippen LogP contribution < -0.4 is 14.8 Å². The molecule has 0 bridgehead atoms. The Balaban J connectivity index is 3.02. The number of amides is 1. The number of rotatable bonds is 7. The summed E-state index contributed by atoms with van der Waals surface area (Å²) in [5, 5.41) is 11.7. The third-order valence-corrected chi connectivity index (χ3v) is 3.60. The summed E-state index contributed by atoms with van der Waals surface area (Å²) in [6.45, 7) is 3.80. The molecule has 1 atom stereocenters. The zero-order valence-corrected chi connectivity index (χ0v) is 14.6. The number of halogens is 1. The van der Waals surface area contributed by atoms with Gasteiger partial charge in [0, 0.05) is 5.56 Å². The fourth-order valence-corrected chi connectivity index (χ4v) is 2.59. The van der Waals surface area contributed by atoms with Crippen LogP contribution in [0.25, 0.3) is 0 Å². The van der Waals surface area contributed by atoms with Gasteiger partial charge in [0.1, 0.15) is 6.04 Å². The molecule has 6 nitrogen and oxygen atoms in total. The summed E-state index contributed by atoms with van der Waals surface area (Å²) in [6.07, 6.45) is 0.357. The van der Waals surface area contributed by atoms with Crippen molar-refractivity contribution in [3.8, 4) is 11.5 Å². The molecule has 0 aliphatic heterocycles. The average Bonchev–Trinajstić information content (AvgIpc) is 2.44. The minimum Gasteiger partial charge on any atom is -0.493 e. The molecule has 7 heteroatoms. The van der Waals surface area contributed by atoms with Gasteiger partial charge < -0.3 is 19.9 Å². The second-order valence-corrected chi connectivity index (χ2v) is 6.04. The lowest BCUT2D eigenvalue weighted by atomic mass is 10.0. The van der Waals surface area contributed by atoms with Crippen molar-refractivity contribution in [1.82, 2.24) is 5.32 Å². The van der Waals surface area contributed by atoms with Gasteiger partial charge in [0.25, 0.3) is 5.91 Å². The largest absolute Gasteiger partial charge is 0.493 e. The van der Waals surface area contributed by atoms with Gasteiger partial charge in [0.15, 0.2) is 11.5 Å². The molecular weight excluding hydrogens is 354 g/mol. The Kier molecular flexibility index (Phi) is 6.67. The Labute approximate surface area is 137 Å². The van der Waals surface area contributed by atoms with E-state index in [1.54, 1.807) is 6.07 Å². The lowest BCUT2D eigenvalue weighted by Crippen LogP contribution is -2.41. The Morgan fingerprint density at radius 2 is 1.91 bits per heavy atom. The van der Waals surface area contributed by atoms with Crippen LogP contribution in [0.1, 0.15) is 30.6 Å². The Morgan fingerprint density at radius 1 is 1.27 bits per heavy atom. The Bertz CT molecular complexity index is 559. The molecule has 0 aromatic heterocycles. The number of hydrogen-bond donors (Lipinski definition) is 2. The van der Waals surface area contributed by atoms with Crippen molar-refractivity contribution in [1.29, 1.82) is 0 Å². The van der Waals surface area contributed by atoms with Gasteiger partial charge in [-0.15, -0.1) is 0 Å². The van der Waals surface area contributed by atoms with Gasteiger partial charge in [0.2, 0.25) is 0 Å². The second-order valence-electron chi connectivity index (χ2n) is 5.19. The van der Waals surface area contributed by atoms with Crippen LogP contribution in [0, 0.1) is 5.92 Å². The van der Waals surface area contributed by atoms with Gasteiger partial charge in [-0.25, -0.2) is 4.79 Å². The first-order valence-electron chi connectivity index (χ1n) is 6.75. The first kappa shape index (κ1) is 18.3. The first-order chi connectivity index (χ1) is 10.3. The standard InChI is InChI=1S/C15H20BrNO5/c1-8(2)5-11(15(19)20)17-14(18)9-6-10(16)13(22-4)12(7-9)21-3/h6-8,11H,5H2,1-4H3,(H,17,18)(H,19,20)/t11-/m1/s1. The molecule has 1 rings (SSSR count). The second kappa shape index (κ2) is 8.03. The van der Waals surface area contributed by atoms with Crippen LogP contribution in [0.3, 0.4) is 0 Å². The molecule has 0 saturated carbocycles. The summed E-state index contributed by atoms with van der Waals surface area (Å²) in [7, 11) is 2.95. The minimum absolute atomic E-state index is 0.151. The highest BCUT2D eigenvalue weighted by Gasteiger charge is 2.23. The number of methoxy groups -OCH3 is 2. The van der Waals surface area contributed by atoms with Crippen molar-refractivity contribution in [2.45, 2.75) is 26.3 Å². The van der Waals surface area contributed by atoms with Crippen LogP contribution in [0.15, 0.2) is 16.6 Å². The maximum absolute atomic E-state index is 12.3. The van der Waals surface area contributed by atoms with E-state index in [-0.39, 0.29) is 5.92 Å². The molecule has 0 heterocycles. The highest BCUT2D eigenvalue weighted by Crippen LogP contribution is 2.36. The number of carbonyl (C=O) groups excluding carboxylic acids is 1. The highest BCUT2D eigenvalue weighted by atomic mass is 79.9. The zero-order chi connectivity index (χ0) is 16.9. The quantitative estimate of drug-likeness (QED) is 0.767. The van der Waals surface area contributed by atoms with E-state index >= 15 is 0 Å². The summed E-state index contributed by atoms with van der Waals surface area (Å²) < 4.78 is 10.9.